The van der Waals surface area contributed by atoms with Gasteiger partial charge >= 0.3 is 0 Å². The number of ether oxygens (including phenoxy) is 1. The van der Waals surface area contributed by atoms with Crippen molar-refractivity contribution in [3.8, 4) is 0 Å². The van der Waals surface area contributed by atoms with Gasteiger partial charge in [-0.2, -0.15) is 4.31 Å². The average Bonchev–Trinajstić information content (AvgIpc) is 2.73. The van der Waals surface area contributed by atoms with Crippen LogP contribution < -0.4 is 5.32 Å². The minimum atomic E-state index is -3.89. The molecule has 0 spiro atoms. The summed E-state index contributed by atoms with van der Waals surface area (Å²) >= 11 is 0. The lowest BCUT2D eigenvalue weighted by Gasteiger charge is -2.29. The molecule has 2 aromatic rings. The van der Waals surface area contributed by atoms with E-state index in [9.17, 15) is 18.5 Å². The third kappa shape index (κ3) is 4.75. The van der Waals surface area contributed by atoms with Crippen molar-refractivity contribution in [1.82, 2.24) is 4.31 Å². The van der Waals surface area contributed by atoms with Gasteiger partial charge in [-0.05, 0) is 11.6 Å². The molecule has 0 bridgehead atoms. The molecule has 8 nitrogen and oxygen atoms in total. The molecule has 0 saturated carbocycles. The number of hydrogen-bond donors (Lipinski definition) is 1. The molecule has 1 aliphatic rings. The van der Waals surface area contributed by atoms with Crippen LogP contribution in [-0.2, 0) is 20.2 Å². The summed E-state index contributed by atoms with van der Waals surface area (Å²) in [6.07, 6.45) is 0. The van der Waals surface area contributed by atoms with E-state index in [0.717, 1.165) is 11.6 Å². The smallest absolute Gasteiger partial charge is 0.270 e. The van der Waals surface area contributed by atoms with Crippen LogP contribution in [0.4, 0.5) is 11.4 Å². The van der Waals surface area contributed by atoms with Crippen molar-refractivity contribution in [3.05, 3.63) is 64.2 Å². The fraction of sp³-hybridized carbons (Fsp3) is 0.400. The van der Waals surface area contributed by atoms with Gasteiger partial charge in [0.15, 0.2) is 0 Å². The summed E-state index contributed by atoms with van der Waals surface area (Å²) in [6.45, 7) is 5.62. The van der Waals surface area contributed by atoms with Gasteiger partial charge in [0.05, 0.1) is 23.8 Å². The molecule has 0 amide bonds. The first kappa shape index (κ1) is 21.2. The van der Waals surface area contributed by atoms with Crippen LogP contribution in [0.25, 0.3) is 0 Å². The molecule has 156 valence electrons. The van der Waals surface area contributed by atoms with Crippen molar-refractivity contribution in [2.45, 2.75) is 24.2 Å². The van der Waals surface area contributed by atoms with Crippen LogP contribution in [0.5, 0.6) is 0 Å². The predicted molar refractivity (Wildman–Crippen MR) is 111 cm³/mol. The number of sulfonamides is 1. The fourth-order valence-electron chi connectivity index (χ4n) is 3.22. The summed E-state index contributed by atoms with van der Waals surface area (Å²) in [5, 5.41) is 14.4. The number of non-ortho nitro benzene ring substituents is 1. The van der Waals surface area contributed by atoms with Crippen molar-refractivity contribution in [2.24, 2.45) is 0 Å². The van der Waals surface area contributed by atoms with Crippen molar-refractivity contribution in [3.63, 3.8) is 0 Å². The van der Waals surface area contributed by atoms with E-state index < -0.39 is 14.9 Å². The number of anilines is 1. The molecule has 1 heterocycles. The Morgan fingerprint density at radius 1 is 1.14 bits per heavy atom. The Bertz CT molecular complexity index is 971. The van der Waals surface area contributed by atoms with E-state index in [-0.39, 0.29) is 29.1 Å². The second kappa shape index (κ2) is 8.48. The molecular weight excluding hydrogens is 394 g/mol. The zero-order valence-corrected chi connectivity index (χ0v) is 17.3. The van der Waals surface area contributed by atoms with E-state index in [1.807, 2.05) is 30.3 Å². The van der Waals surface area contributed by atoms with Crippen LogP contribution in [0.15, 0.2) is 53.4 Å². The van der Waals surface area contributed by atoms with E-state index in [4.69, 9.17) is 4.74 Å². The van der Waals surface area contributed by atoms with Gasteiger partial charge in [-0.25, -0.2) is 8.42 Å². The Hall–Kier alpha value is -2.49. The van der Waals surface area contributed by atoms with Crippen molar-refractivity contribution >= 4 is 21.4 Å². The zero-order chi connectivity index (χ0) is 21.1. The number of rotatable bonds is 7. The summed E-state index contributed by atoms with van der Waals surface area (Å²) in [4.78, 5) is 10.6. The van der Waals surface area contributed by atoms with E-state index >= 15 is 0 Å². The third-order valence-electron chi connectivity index (χ3n) is 5.04. The van der Waals surface area contributed by atoms with Crippen LogP contribution >= 0.6 is 0 Å². The van der Waals surface area contributed by atoms with E-state index in [1.54, 1.807) is 0 Å². The van der Waals surface area contributed by atoms with Gasteiger partial charge in [0, 0.05) is 37.2 Å². The van der Waals surface area contributed by atoms with Crippen molar-refractivity contribution in [2.75, 3.05) is 38.2 Å². The molecule has 1 N–H and O–H groups in total. The normalized spacial score (nSPS) is 15.8. The minimum absolute atomic E-state index is 0.0857. The molecule has 1 fully saturated rings. The number of nitrogens with one attached hydrogen (secondary N) is 1. The highest BCUT2D eigenvalue weighted by Crippen LogP contribution is 2.31. The maximum atomic E-state index is 13.2. The number of nitrogens with zero attached hydrogens (tertiary/aromatic N) is 2. The van der Waals surface area contributed by atoms with Crippen molar-refractivity contribution in [1.29, 1.82) is 0 Å². The second-order valence-electron chi connectivity index (χ2n) is 7.56. The third-order valence-corrected chi connectivity index (χ3v) is 6.98. The summed E-state index contributed by atoms with van der Waals surface area (Å²) in [5.74, 6) is 0. The number of benzene rings is 2. The Kier molecular flexibility index (Phi) is 6.21. The lowest BCUT2D eigenvalue weighted by molar-refractivity contribution is -0.385. The highest BCUT2D eigenvalue weighted by Gasteiger charge is 2.31. The Balaban J connectivity index is 1.93. The lowest BCUT2D eigenvalue weighted by atomic mass is 9.84. The number of morpholine rings is 1. The maximum absolute atomic E-state index is 13.2. The molecular formula is C20H25N3O5S. The van der Waals surface area contributed by atoms with Gasteiger partial charge in [0.1, 0.15) is 4.90 Å². The topological polar surface area (TPSA) is 102 Å². The zero-order valence-electron chi connectivity index (χ0n) is 16.5. The molecule has 0 atom stereocenters. The first-order valence-electron chi connectivity index (χ1n) is 9.37. The van der Waals surface area contributed by atoms with Crippen LogP contribution in [0, 0.1) is 10.1 Å². The summed E-state index contributed by atoms with van der Waals surface area (Å²) in [7, 11) is -3.89. The van der Waals surface area contributed by atoms with E-state index in [1.165, 1.54) is 16.4 Å². The molecule has 3 rings (SSSR count). The first-order valence-corrected chi connectivity index (χ1v) is 10.8. The van der Waals surface area contributed by atoms with Gasteiger partial charge in [-0.1, -0.05) is 44.2 Å². The van der Waals surface area contributed by atoms with E-state index in [2.05, 4.69) is 19.2 Å². The first-order chi connectivity index (χ1) is 13.7. The SMILES string of the molecule is CC(C)(CNc1ccc([N+](=O)[O-])cc1S(=O)(=O)N1CCOCC1)c1ccccc1. The second-order valence-corrected chi connectivity index (χ2v) is 9.46. The van der Waals surface area contributed by atoms with Crippen LogP contribution in [0.3, 0.4) is 0 Å². The summed E-state index contributed by atoms with van der Waals surface area (Å²) < 4.78 is 32.9. The van der Waals surface area contributed by atoms with Crippen LogP contribution in [-0.4, -0.2) is 50.5 Å². The molecule has 2 aromatic carbocycles. The average molecular weight is 420 g/mol. The predicted octanol–water partition coefficient (Wildman–Crippen LogP) is 3.01. The number of nitro groups is 1. The van der Waals surface area contributed by atoms with Gasteiger partial charge in [0.25, 0.3) is 5.69 Å². The van der Waals surface area contributed by atoms with Gasteiger partial charge in [0.2, 0.25) is 10.0 Å². The quantitative estimate of drug-likeness (QED) is 0.547. The van der Waals surface area contributed by atoms with Crippen LogP contribution in [0.1, 0.15) is 19.4 Å². The molecule has 0 radical (unpaired) electrons. The number of nitro benzene ring substituents is 1. The standard InChI is InChI=1S/C20H25N3O5S/c1-20(2,16-6-4-3-5-7-16)15-21-18-9-8-17(23(24)25)14-19(18)29(26,27)22-10-12-28-13-11-22/h3-9,14,21H,10-13,15H2,1-2H3. The van der Waals surface area contributed by atoms with Gasteiger partial charge in [-0.3, -0.25) is 10.1 Å². The molecule has 9 heteroatoms. The molecule has 0 aromatic heterocycles. The number of hydrogen-bond acceptors (Lipinski definition) is 6. The van der Waals surface area contributed by atoms with Gasteiger partial charge < -0.3 is 10.1 Å². The lowest BCUT2D eigenvalue weighted by Crippen LogP contribution is -2.41. The Morgan fingerprint density at radius 3 is 2.41 bits per heavy atom. The van der Waals surface area contributed by atoms with Crippen LogP contribution in [0.2, 0.25) is 0 Å². The summed E-state index contributed by atoms with van der Waals surface area (Å²) in [5.41, 5.74) is 0.922. The highest BCUT2D eigenvalue weighted by atomic mass is 32.2. The Labute approximate surface area is 170 Å². The Morgan fingerprint density at radius 2 is 1.79 bits per heavy atom. The molecule has 29 heavy (non-hydrogen) atoms. The molecule has 1 aliphatic heterocycles. The largest absolute Gasteiger partial charge is 0.383 e. The summed E-state index contributed by atoms with van der Waals surface area (Å²) in [6, 6.07) is 13.8. The maximum Gasteiger partial charge on any atom is 0.270 e. The van der Waals surface area contributed by atoms with Crippen molar-refractivity contribution < 1.29 is 18.1 Å². The minimum Gasteiger partial charge on any atom is -0.383 e. The highest BCUT2D eigenvalue weighted by molar-refractivity contribution is 7.89. The molecule has 0 aliphatic carbocycles. The van der Waals surface area contributed by atoms with Gasteiger partial charge in [-0.15, -0.1) is 0 Å². The van der Waals surface area contributed by atoms with E-state index in [0.29, 0.717) is 25.4 Å². The monoisotopic (exact) mass is 419 g/mol. The molecule has 1 saturated heterocycles. The molecule has 0 unspecified atom stereocenters. The fourth-order valence-corrected chi connectivity index (χ4v) is 4.81.